The van der Waals surface area contributed by atoms with Crippen molar-refractivity contribution >= 4 is 26.8 Å². The highest BCUT2D eigenvalue weighted by Crippen LogP contribution is 2.34. The van der Waals surface area contributed by atoms with Crippen LogP contribution in [0, 0.1) is 15.9 Å². The van der Waals surface area contributed by atoms with Gasteiger partial charge in [-0.1, -0.05) is 18.2 Å². The molecule has 25 heavy (non-hydrogen) atoms. The predicted molar refractivity (Wildman–Crippen MR) is 92.8 cm³/mol. The second-order valence-electron chi connectivity index (χ2n) is 5.80. The Morgan fingerprint density at radius 3 is 2.44 bits per heavy atom. The number of sulfone groups is 1. The second kappa shape index (κ2) is 6.29. The number of halogens is 1. The van der Waals surface area contributed by atoms with Crippen molar-refractivity contribution in [2.24, 2.45) is 0 Å². The zero-order valence-corrected chi connectivity index (χ0v) is 14.2. The number of nitrogens with zero attached hydrogens (tertiary/aromatic N) is 2. The number of benzene rings is 2. The largest absolute Gasteiger partial charge is 0.358 e. The van der Waals surface area contributed by atoms with E-state index in [1.54, 1.807) is 17.0 Å². The van der Waals surface area contributed by atoms with E-state index >= 15 is 0 Å². The lowest BCUT2D eigenvalue weighted by molar-refractivity contribution is -0.384. The van der Waals surface area contributed by atoms with E-state index in [2.05, 4.69) is 0 Å². The van der Waals surface area contributed by atoms with Gasteiger partial charge in [0.2, 0.25) is 0 Å². The van der Waals surface area contributed by atoms with Crippen molar-refractivity contribution in [3.63, 3.8) is 0 Å². The zero-order valence-electron chi connectivity index (χ0n) is 13.3. The molecule has 8 heteroatoms. The van der Waals surface area contributed by atoms with Crippen LogP contribution in [-0.2, 0) is 9.84 Å². The summed E-state index contributed by atoms with van der Waals surface area (Å²) in [4.78, 5) is 12.5. The van der Waals surface area contributed by atoms with Crippen molar-refractivity contribution in [2.75, 3.05) is 24.2 Å². The highest BCUT2D eigenvalue weighted by molar-refractivity contribution is 7.90. The molecule has 0 radical (unpaired) electrons. The van der Waals surface area contributed by atoms with Crippen molar-refractivity contribution in [1.29, 1.82) is 0 Å². The van der Waals surface area contributed by atoms with Gasteiger partial charge in [0.1, 0.15) is 11.5 Å². The van der Waals surface area contributed by atoms with Crippen molar-refractivity contribution in [2.45, 2.75) is 4.90 Å². The summed E-state index contributed by atoms with van der Waals surface area (Å²) in [5.74, 6) is -0.328. The molecule has 0 bridgehead atoms. The van der Waals surface area contributed by atoms with Gasteiger partial charge in [0, 0.05) is 25.4 Å². The molecule has 130 valence electrons. The Balaban J connectivity index is 1.91. The number of hydrogen-bond donors (Lipinski definition) is 0. The third-order valence-corrected chi connectivity index (χ3v) is 5.16. The van der Waals surface area contributed by atoms with Crippen LogP contribution in [-0.4, -0.2) is 32.7 Å². The normalized spacial score (nSPS) is 14.5. The average molecular weight is 362 g/mol. The van der Waals surface area contributed by atoms with Crippen LogP contribution in [0.15, 0.2) is 53.4 Å². The van der Waals surface area contributed by atoms with Gasteiger partial charge in [-0.25, -0.2) is 12.8 Å². The quantitative estimate of drug-likeness (QED) is 0.617. The molecule has 0 saturated carbocycles. The molecule has 0 saturated heterocycles. The fraction of sp³-hybridized carbons (Fsp3) is 0.176. The van der Waals surface area contributed by atoms with Crippen LogP contribution < -0.4 is 4.90 Å². The summed E-state index contributed by atoms with van der Waals surface area (Å²) in [5, 5.41) is 11.4. The molecule has 0 aliphatic carbocycles. The molecule has 0 unspecified atom stereocenters. The lowest BCUT2D eigenvalue weighted by atomic mass is 10.1. The smallest absolute Gasteiger partial charge is 0.293 e. The molecule has 0 atom stereocenters. The molecule has 1 heterocycles. The van der Waals surface area contributed by atoms with E-state index in [9.17, 15) is 22.9 Å². The summed E-state index contributed by atoms with van der Waals surface area (Å²) in [5.41, 5.74) is 1.88. The van der Waals surface area contributed by atoms with Crippen molar-refractivity contribution in [1.82, 2.24) is 0 Å². The highest BCUT2D eigenvalue weighted by Gasteiger charge is 2.25. The molecule has 2 aromatic carbocycles. The molecule has 0 amide bonds. The Morgan fingerprint density at radius 1 is 1.16 bits per heavy atom. The maximum atomic E-state index is 13.0. The molecule has 0 aromatic heterocycles. The number of rotatable bonds is 4. The second-order valence-corrected chi connectivity index (χ2v) is 7.81. The summed E-state index contributed by atoms with van der Waals surface area (Å²) >= 11 is 0. The van der Waals surface area contributed by atoms with Gasteiger partial charge in [-0.15, -0.1) is 0 Å². The zero-order chi connectivity index (χ0) is 18.2. The Bertz CT molecular complexity index is 969. The van der Waals surface area contributed by atoms with Crippen LogP contribution in [0.1, 0.15) is 5.56 Å². The van der Waals surface area contributed by atoms with Gasteiger partial charge in [-0.2, -0.15) is 0 Å². The van der Waals surface area contributed by atoms with Crippen molar-refractivity contribution in [3.05, 3.63) is 70.0 Å². The Morgan fingerprint density at radius 2 is 1.84 bits per heavy atom. The van der Waals surface area contributed by atoms with E-state index in [0.717, 1.165) is 23.5 Å². The number of nitro groups is 1. The van der Waals surface area contributed by atoms with Gasteiger partial charge in [-0.3, -0.25) is 10.1 Å². The highest BCUT2D eigenvalue weighted by atomic mass is 32.2. The van der Waals surface area contributed by atoms with E-state index in [4.69, 9.17) is 0 Å². The molecule has 6 nitrogen and oxygen atoms in total. The summed E-state index contributed by atoms with van der Waals surface area (Å²) in [7, 11) is -3.53. The SMILES string of the molecule is CS(=O)(=O)c1ccc(N2CC=C(c3ccc(F)cc3)C2)c([N+](=O)[O-])c1. The lowest BCUT2D eigenvalue weighted by Gasteiger charge is -2.19. The first kappa shape index (κ1) is 17.1. The minimum atomic E-state index is -3.53. The van der Waals surface area contributed by atoms with E-state index in [1.807, 2.05) is 6.08 Å². The van der Waals surface area contributed by atoms with Gasteiger partial charge < -0.3 is 4.90 Å². The molecular weight excluding hydrogens is 347 g/mol. The first-order chi connectivity index (χ1) is 11.8. The van der Waals surface area contributed by atoms with Crippen LogP contribution in [0.25, 0.3) is 5.57 Å². The predicted octanol–water partition coefficient (Wildman–Crippen LogP) is 3.04. The molecular formula is C17H15FN2O4S. The fourth-order valence-electron chi connectivity index (χ4n) is 2.76. The minimum absolute atomic E-state index is 0.0890. The van der Waals surface area contributed by atoms with Crippen LogP contribution >= 0.6 is 0 Å². The maximum Gasteiger partial charge on any atom is 0.293 e. The van der Waals surface area contributed by atoms with Crippen LogP contribution in [0.5, 0.6) is 0 Å². The van der Waals surface area contributed by atoms with E-state index in [-0.39, 0.29) is 16.4 Å². The molecule has 0 spiro atoms. The molecule has 0 N–H and O–H groups in total. The number of anilines is 1. The molecule has 3 rings (SSSR count). The first-order valence-corrected chi connectivity index (χ1v) is 9.33. The third kappa shape index (κ3) is 3.53. The number of hydrogen-bond acceptors (Lipinski definition) is 5. The molecule has 0 fully saturated rings. The standard InChI is InChI=1S/C17H15FN2O4S/c1-25(23,24)15-6-7-16(17(10-15)20(21)22)19-9-8-13(11-19)12-2-4-14(18)5-3-12/h2-8,10H,9,11H2,1H3. The summed E-state index contributed by atoms with van der Waals surface area (Å²) < 4.78 is 36.3. The Kier molecular flexibility index (Phi) is 4.30. The molecule has 1 aliphatic heterocycles. The van der Waals surface area contributed by atoms with Gasteiger partial charge in [0.25, 0.3) is 5.69 Å². The van der Waals surface area contributed by atoms with Crippen molar-refractivity contribution in [3.8, 4) is 0 Å². The summed E-state index contributed by atoms with van der Waals surface area (Å²) in [6, 6.07) is 9.95. The van der Waals surface area contributed by atoms with E-state index in [1.165, 1.54) is 24.3 Å². The maximum absolute atomic E-state index is 13.0. The van der Waals surface area contributed by atoms with Crippen LogP contribution in [0.4, 0.5) is 15.8 Å². The summed E-state index contributed by atoms with van der Waals surface area (Å²) in [6.45, 7) is 0.871. The van der Waals surface area contributed by atoms with Crippen molar-refractivity contribution < 1.29 is 17.7 Å². The Hall–Kier alpha value is -2.74. The molecule has 1 aliphatic rings. The monoisotopic (exact) mass is 362 g/mol. The third-order valence-electron chi connectivity index (χ3n) is 4.05. The van der Waals surface area contributed by atoms with Gasteiger partial charge >= 0.3 is 0 Å². The van der Waals surface area contributed by atoms with Gasteiger partial charge in [-0.05, 0) is 35.4 Å². The van der Waals surface area contributed by atoms with E-state index in [0.29, 0.717) is 18.8 Å². The lowest BCUT2D eigenvalue weighted by Crippen LogP contribution is -2.21. The average Bonchev–Trinajstić information content (AvgIpc) is 3.04. The van der Waals surface area contributed by atoms with Gasteiger partial charge in [0.15, 0.2) is 9.84 Å². The fourth-order valence-corrected chi connectivity index (χ4v) is 3.40. The summed E-state index contributed by atoms with van der Waals surface area (Å²) in [6.07, 6.45) is 2.93. The molecule has 2 aromatic rings. The number of nitro benzene ring substituents is 1. The Labute approximate surface area is 144 Å². The topological polar surface area (TPSA) is 80.5 Å². The minimum Gasteiger partial charge on any atom is -0.358 e. The van der Waals surface area contributed by atoms with E-state index < -0.39 is 14.8 Å². The van der Waals surface area contributed by atoms with Crippen LogP contribution in [0.3, 0.4) is 0 Å². The van der Waals surface area contributed by atoms with Crippen LogP contribution in [0.2, 0.25) is 0 Å². The van der Waals surface area contributed by atoms with Gasteiger partial charge in [0.05, 0.1) is 9.82 Å². The first-order valence-electron chi connectivity index (χ1n) is 7.44.